The van der Waals surface area contributed by atoms with E-state index >= 15 is 0 Å². The molecular formula is C15H20BrF2NO. The van der Waals surface area contributed by atoms with Crippen LogP contribution in [-0.4, -0.2) is 18.7 Å². The fourth-order valence-electron chi connectivity index (χ4n) is 2.43. The molecule has 1 aliphatic carbocycles. The third kappa shape index (κ3) is 3.70. The number of hydrogen-bond acceptors (Lipinski definition) is 2. The van der Waals surface area contributed by atoms with Gasteiger partial charge in [-0.1, -0.05) is 22.9 Å². The predicted molar refractivity (Wildman–Crippen MR) is 79.0 cm³/mol. The summed E-state index contributed by atoms with van der Waals surface area (Å²) in [6.45, 7) is 3.92. The van der Waals surface area contributed by atoms with Crippen molar-refractivity contribution in [1.82, 2.24) is 5.32 Å². The molecule has 0 atom stereocenters. The lowest BCUT2D eigenvalue weighted by Gasteiger charge is -2.42. The van der Waals surface area contributed by atoms with Crippen LogP contribution in [0, 0.1) is 11.6 Å². The van der Waals surface area contributed by atoms with E-state index in [1.807, 2.05) is 0 Å². The van der Waals surface area contributed by atoms with Crippen molar-refractivity contribution in [3.63, 3.8) is 0 Å². The van der Waals surface area contributed by atoms with Crippen LogP contribution in [0.25, 0.3) is 0 Å². The molecule has 0 amide bonds. The minimum Gasteiger partial charge on any atom is -0.484 e. The number of benzene rings is 1. The van der Waals surface area contributed by atoms with Gasteiger partial charge in [-0.05, 0) is 57.3 Å². The first-order chi connectivity index (χ1) is 9.56. The summed E-state index contributed by atoms with van der Waals surface area (Å²) >= 11 is 3.17. The summed E-state index contributed by atoms with van der Waals surface area (Å²) in [5.41, 5.74) is -0.338. The van der Waals surface area contributed by atoms with Crippen LogP contribution < -0.4 is 10.1 Å². The fourth-order valence-corrected chi connectivity index (χ4v) is 2.84. The summed E-state index contributed by atoms with van der Waals surface area (Å²) in [5.74, 6) is -1.78. The van der Waals surface area contributed by atoms with E-state index in [-0.39, 0.29) is 11.4 Å². The molecule has 20 heavy (non-hydrogen) atoms. The molecule has 0 aromatic heterocycles. The average Bonchev–Trinajstić information content (AvgIpc) is 2.36. The standard InChI is InChI=1S/C15H20BrF2NO/c1-2-7-19-8-6-15(4-3-5-15)20-13-10-11(16)9-12(17)14(13)18/h9-10,19H,2-8H2,1H3. The molecular weight excluding hydrogens is 328 g/mol. The highest BCUT2D eigenvalue weighted by Crippen LogP contribution is 2.40. The molecule has 0 unspecified atom stereocenters. The van der Waals surface area contributed by atoms with Crippen LogP contribution in [0.3, 0.4) is 0 Å². The second kappa shape index (κ2) is 6.85. The first-order valence-corrected chi connectivity index (χ1v) is 7.90. The van der Waals surface area contributed by atoms with Crippen LogP contribution in [0.15, 0.2) is 16.6 Å². The fraction of sp³-hybridized carbons (Fsp3) is 0.600. The summed E-state index contributed by atoms with van der Waals surface area (Å²) in [5, 5.41) is 3.33. The lowest BCUT2D eigenvalue weighted by Crippen LogP contribution is -2.45. The van der Waals surface area contributed by atoms with Crippen molar-refractivity contribution < 1.29 is 13.5 Å². The maximum absolute atomic E-state index is 13.8. The SMILES string of the molecule is CCCNCCC1(Oc2cc(Br)cc(F)c2F)CCC1. The second-order valence-electron chi connectivity index (χ2n) is 5.34. The summed E-state index contributed by atoms with van der Waals surface area (Å²) in [7, 11) is 0. The Morgan fingerprint density at radius 1 is 1.30 bits per heavy atom. The van der Waals surface area contributed by atoms with Gasteiger partial charge in [-0.25, -0.2) is 4.39 Å². The Morgan fingerprint density at radius 3 is 2.65 bits per heavy atom. The van der Waals surface area contributed by atoms with Gasteiger partial charge in [0.1, 0.15) is 5.60 Å². The number of ether oxygens (including phenoxy) is 1. The number of halogens is 3. The Bertz CT molecular complexity index is 463. The summed E-state index contributed by atoms with van der Waals surface area (Å²) in [6.07, 6.45) is 4.77. The van der Waals surface area contributed by atoms with Crippen LogP contribution in [-0.2, 0) is 0 Å². The van der Waals surface area contributed by atoms with Crippen molar-refractivity contribution >= 4 is 15.9 Å². The highest BCUT2D eigenvalue weighted by Gasteiger charge is 2.39. The normalized spacial score (nSPS) is 16.8. The molecule has 2 nitrogen and oxygen atoms in total. The van der Waals surface area contributed by atoms with Gasteiger partial charge in [0.2, 0.25) is 5.82 Å². The molecule has 0 saturated heterocycles. The zero-order chi connectivity index (χ0) is 14.6. The lowest BCUT2D eigenvalue weighted by atomic mass is 9.77. The van der Waals surface area contributed by atoms with Gasteiger partial charge in [-0.15, -0.1) is 0 Å². The lowest BCUT2D eigenvalue weighted by molar-refractivity contribution is -0.0176. The molecule has 2 rings (SSSR count). The largest absolute Gasteiger partial charge is 0.484 e. The minimum absolute atomic E-state index is 0.00654. The van der Waals surface area contributed by atoms with Crippen molar-refractivity contribution in [1.29, 1.82) is 0 Å². The molecule has 1 saturated carbocycles. The van der Waals surface area contributed by atoms with Gasteiger partial charge in [0, 0.05) is 4.47 Å². The van der Waals surface area contributed by atoms with Gasteiger partial charge in [0.05, 0.1) is 0 Å². The van der Waals surface area contributed by atoms with E-state index in [1.165, 1.54) is 6.07 Å². The quantitative estimate of drug-likeness (QED) is 0.582. The van der Waals surface area contributed by atoms with Crippen LogP contribution in [0.2, 0.25) is 0 Å². The van der Waals surface area contributed by atoms with Crippen LogP contribution in [0.4, 0.5) is 8.78 Å². The van der Waals surface area contributed by atoms with Crippen LogP contribution in [0.1, 0.15) is 39.0 Å². The predicted octanol–water partition coefficient (Wildman–Crippen LogP) is 4.42. The molecule has 0 heterocycles. The van der Waals surface area contributed by atoms with E-state index in [1.54, 1.807) is 0 Å². The summed E-state index contributed by atoms with van der Waals surface area (Å²) < 4.78 is 33.5. The van der Waals surface area contributed by atoms with Crippen molar-refractivity contribution in [2.24, 2.45) is 0 Å². The van der Waals surface area contributed by atoms with Gasteiger partial charge >= 0.3 is 0 Å². The molecule has 1 fully saturated rings. The van der Waals surface area contributed by atoms with Crippen LogP contribution in [0.5, 0.6) is 5.75 Å². The summed E-state index contributed by atoms with van der Waals surface area (Å²) in [6, 6.07) is 2.61. The van der Waals surface area contributed by atoms with E-state index in [9.17, 15) is 8.78 Å². The second-order valence-corrected chi connectivity index (χ2v) is 6.25. The molecule has 1 N–H and O–H groups in total. The van der Waals surface area contributed by atoms with Gasteiger partial charge in [0.15, 0.2) is 11.6 Å². The Labute approximate surface area is 127 Å². The molecule has 5 heteroatoms. The summed E-state index contributed by atoms with van der Waals surface area (Å²) in [4.78, 5) is 0. The van der Waals surface area contributed by atoms with E-state index in [0.717, 1.165) is 51.3 Å². The average molecular weight is 348 g/mol. The van der Waals surface area contributed by atoms with E-state index < -0.39 is 11.6 Å². The van der Waals surface area contributed by atoms with E-state index in [2.05, 4.69) is 28.2 Å². The zero-order valence-electron chi connectivity index (χ0n) is 11.6. The molecule has 1 aromatic carbocycles. The minimum atomic E-state index is -0.902. The Morgan fingerprint density at radius 2 is 2.05 bits per heavy atom. The van der Waals surface area contributed by atoms with Gasteiger partial charge in [-0.2, -0.15) is 4.39 Å². The highest BCUT2D eigenvalue weighted by molar-refractivity contribution is 9.10. The maximum Gasteiger partial charge on any atom is 0.200 e. The van der Waals surface area contributed by atoms with Gasteiger partial charge in [-0.3, -0.25) is 0 Å². The molecule has 0 radical (unpaired) electrons. The third-order valence-corrected chi connectivity index (χ3v) is 4.19. The molecule has 1 aromatic rings. The maximum atomic E-state index is 13.8. The Kier molecular flexibility index (Phi) is 5.38. The van der Waals surface area contributed by atoms with Crippen molar-refractivity contribution in [2.45, 2.75) is 44.6 Å². The molecule has 112 valence electrons. The Hall–Kier alpha value is -0.680. The third-order valence-electron chi connectivity index (χ3n) is 3.74. The van der Waals surface area contributed by atoms with Crippen LogP contribution >= 0.6 is 15.9 Å². The number of hydrogen-bond donors (Lipinski definition) is 1. The van der Waals surface area contributed by atoms with Crippen molar-refractivity contribution in [3.8, 4) is 5.75 Å². The van der Waals surface area contributed by atoms with Crippen molar-refractivity contribution in [2.75, 3.05) is 13.1 Å². The molecule has 0 spiro atoms. The first kappa shape index (κ1) is 15.7. The van der Waals surface area contributed by atoms with Crippen molar-refractivity contribution in [3.05, 3.63) is 28.2 Å². The Balaban J connectivity index is 2.02. The first-order valence-electron chi connectivity index (χ1n) is 7.10. The highest BCUT2D eigenvalue weighted by atomic mass is 79.9. The molecule has 0 aliphatic heterocycles. The zero-order valence-corrected chi connectivity index (χ0v) is 13.2. The molecule has 1 aliphatic rings. The smallest absolute Gasteiger partial charge is 0.200 e. The number of rotatable bonds is 7. The van der Waals surface area contributed by atoms with Gasteiger partial charge in [0.25, 0.3) is 0 Å². The van der Waals surface area contributed by atoms with E-state index in [4.69, 9.17) is 4.74 Å². The van der Waals surface area contributed by atoms with E-state index in [0.29, 0.717) is 4.47 Å². The number of nitrogens with one attached hydrogen (secondary N) is 1. The monoisotopic (exact) mass is 347 g/mol. The van der Waals surface area contributed by atoms with Gasteiger partial charge < -0.3 is 10.1 Å². The topological polar surface area (TPSA) is 21.3 Å². The molecule has 0 bridgehead atoms.